The average molecular weight is 580 g/mol. The molecule has 0 saturated carbocycles. The molecule has 0 aromatic heterocycles. The minimum atomic E-state index is -0.437. The van der Waals surface area contributed by atoms with Crippen molar-refractivity contribution in [3.8, 4) is 11.5 Å². The van der Waals surface area contributed by atoms with Gasteiger partial charge in [0.15, 0.2) is 16.7 Å². The Labute approximate surface area is 211 Å². The number of amides is 1. The number of halogens is 1. The Bertz CT molecular complexity index is 1130. The molecule has 9 heteroatoms. The molecule has 0 N–H and O–H groups in total. The van der Waals surface area contributed by atoms with Gasteiger partial charge in [0.05, 0.1) is 40.0 Å². The molecule has 0 atom stereocenters. The summed E-state index contributed by atoms with van der Waals surface area (Å²) >= 11 is 3.50. The Kier molecular flexibility index (Phi) is 8.41. The van der Waals surface area contributed by atoms with Crippen LogP contribution in [0.5, 0.6) is 11.5 Å². The Morgan fingerprint density at radius 1 is 1.24 bits per heavy atom. The summed E-state index contributed by atoms with van der Waals surface area (Å²) in [5, 5.41) is 0.553. The molecule has 1 aliphatic heterocycles. The fourth-order valence-corrected chi connectivity index (χ4v) is 4.94. The lowest BCUT2D eigenvalue weighted by Crippen LogP contribution is -2.28. The number of rotatable bonds is 7. The Morgan fingerprint density at radius 2 is 2.00 bits per heavy atom. The quantitative estimate of drug-likeness (QED) is 0.245. The van der Waals surface area contributed by atoms with E-state index < -0.39 is 5.97 Å². The highest BCUT2D eigenvalue weighted by Gasteiger charge is 2.32. The molecule has 33 heavy (non-hydrogen) atoms. The molecule has 1 amide bonds. The van der Waals surface area contributed by atoms with Crippen molar-refractivity contribution in [3.63, 3.8) is 0 Å². The molecule has 1 heterocycles. The molecular weight excluding hydrogens is 555 g/mol. The summed E-state index contributed by atoms with van der Waals surface area (Å²) in [6.45, 7) is 6.28. The van der Waals surface area contributed by atoms with Crippen molar-refractivity contribution in [2.24, 2.45) is 4.99 Å². The van der Waals surface area contributed by atoms with Crippen LogP contribution in [0.2, 0.25) is 0 Å². The molecule has 2 aromatic carbocycles. The second kappa shape index (κ2) is 11.1. The van der Waals surface area contributed by atoms with Crippen LogP contribution in [-0.4, -0.2) is 48.8 Å². The number of carbonyl (C=O) groups is 2. The second-order valence-corrected chi connectivity index (χ2v) is 9.47. The van der Waals surface area contributed by atoms with E-state index in [4.69, 9.17) is 14.2 Å². The molecule has 3 rings (SSSR count). The molecule has 0 unspecified atom stereocenters. The van der Waals surface area contributed by atoms with Gasteiger partial charge in [0, 0.05) is 6.54 Å². The summed E-state index contributed by atoms with van der Waals surface area (Å²) in [6, 6.07) is 10.6. The fraction of sp³-hybridized carbons (Fsp3) is 0.292. The lowest BCUT2D eigenvalue weighted by atomic mass is 10.2. The highest BCUT2D eigenvalue weighted by atomic mass is 127. The number of nitrogens with zero attached hydrogens (tertiary/aromatic N) is 2. The normalized spacial score (nSPS) is 16.1. The smallest absolute Gasteiger partial charge is 0.337 e. The van der Waals surface area contributed by atoms with Crippen molar-refractivity contribution < 1.29 is 23.8 Å². The van der Waals surface area contributed by atoms with Gasteiger partial charge in [-0.25, -0.2) is 9.79 Å². The zero-order valence-corrected chi connectivity index (χ0v) is 22.0. The predicted molar refractivity (Wildman–Crippen MR) is 139 cm³/mol. The molecule has 0 radical (unpaired) electrons. The molecule has 174 valence electrons. The maximum atomic E-state index is 13.0. The highest BCUT2D eigenvalue weighted by molar-refractivity contribution is 14.1. The predicted octanol–water partition coefficient (Wildman–Crippen LogP) is 5.50. The molecule has 1 saturated heterocycles. The van der Waals surface area contributed by atoms with Gasteiger partial charge in [-0.15, -0.1) is 0 Å². The van der Waals surface area contributed by atoms with Gasteiger partial charge >= 0.3 is 5.97 Å². The van der Waals surface area contributed by atoms with Gasteiger partial charge in [-0.3, -0.25) is 9.69 Å². The van der Waals surface area contributed by atoms with Crippen LogP contribution in [-0.2, 0) is 9.53 Å². The van der Waals surface area contributed by atoms with E-state index >= 15 is 0 Å². The summed E-state index contributed by atoms with van der Waals surface area (Å²) in [7, 11) is 2.93. The number of hydrogen-bond donors (Lipinski definition) is 0. The number of methoxy groups -OCH3 is 2. The first-order valence-corrected chi connectivity index (χ1v) is 12.2. The van der Waals surface area contributed by atoms with E-state index in [2.05, 4.69) is 27.6 Å². The third kappa shape index (κ3) is 5.89. The monoisotopic (exact) mass is 580 g/mol. The molecule has 0 spiro atoms. The first-order chi connectivity index (χ1) is 15.8. The molecule has 2 aromatic rings. The zero-order valence-electron chi connectivity index (χ0n) is 19.0. The number of esters is 1. The standard InChI is InChI=1S/C24H25IN2O5S/c1-6-27-22(28)20(12-15-10-18(25)21(32-14(2)3)19(11-15)30-4)33-24(27)26-17-9-7-8-16(13-17)23(29)31-5/h7-14H,6H2,1-5H3. The summed E-state index contributed by atoms with van der Waals surface area (Å²) in [4.78, 5) is 31.6. The molecule has 0 bridgehead atoms. The average Bonchev–Trinajstić information content (AvgIpc) is 3.08. The van der Waals surface area contributed by atoms with Crippen LogP contribution in [0, 0.1) is 3.57 Å². The summed E-state index contributed by atoms with van der Waals surface area (Å²) in [5.41, 5.74) is 1.80. The van der Waals surface area contributed by atoms with Gasteiger partial charge in [0.2, 0.25) is 0 Å². The number of carbonyl (C=O) groups excluding carboxylic acids is 2. The number of ether oxygens (including phenoxy) is 3. The van der Waals surface area contributed by atoms with Crippen LogP contribution in [0.15, 0.2) is 46.3 Å². The molecular formula is C24H25IN2O5S. The minimum Gasteiger partial charge on any atom is -0.493 e. The van der Waals surface area contributed by atoms with E-state index in [0.717, 1.165) is 9.13 Å². The third-order valence-electron chi connectivity index (χ3n) is 4.60. The van der Waals surface area contributed by atoms with Crippen molar-refractivity contribution in [3.05, 3.63) is 56.0 Å². The summed E-state index contributed by atoms with van der Waals surface area (Å²) in [6.07, 6.45) is 1.84. The first-order valence-electron chi connectivity index (χ1n) is 10.3. The third-order valence-corrected chi connectivity index (χ3v) is 6.41. The highest BCUT2D eigenvalue weighted by Crippen LogP contribution is 2.38. The Hall–Kier alpha value is -2.53. The first kappa shape index (κ1) is 25.1. The lowest BCUT2D eigenvalue weighted by molar-refractivity contribution is -0.122. The van der Waals surface area contributed by atoms with E-state index in [1.54, 1.807) is 36.3 Å². The lowest BCUT2D eigenvalue weighted by Gasteiger charge is -2.16. The Morgan fingerprint density at radius 3 is 2.64 bits per heavy atom. The van der Waals surface area contributed by atoms with Gasteiger partial charge in [0.25, 0.3) is 5.91 Å². The van der Waals surface area contributed by atoms with Crippen molar-refractivity contribution >= 4 is 63.2 Å². The topological polar surface area (TPSA) is 77.4 Å². The van der Waals surface area contributed by atoms with Gasteiger partial charge in [-0.2, -0.15) is 0 Å². The summed E-state index contributed by atoms with van der Waals surface area (Å²) < 4.78 is 17.1. The fourth-order valence-electron chi connectivity index (χ4n) is 3.13. The number of amidine groups is 1. The van der Waals surface area contributed by atoms with E-state index in [9.17, 15) is 9.59 Å². The van der Waals surface area contributed by atoms with Gasteiger partial charge < -0.3 is 14.2 Å². The van der Waals surface area contributed by atoms with Gasteiger partial charge in [0.1, 0.15) is 0 Å². The number of benzene rings is 2. The zero-order chi connectivity index (χ0) is 24.1. The van der Waals surface area contributed by atoms with Crippen LogP contribution < -0.4 is 9.47 Å². The Balaban J connectivity index is 1.95. The molecule has 1 fully saturated rings. The van der Waals surface area contributed by atoms with E-state index in [-0.39, 0.29) is 12.0 Å². The minimum absolute atomic E-state index is 0.0122. The maximum absolute atomic E-state index is 13.0. The maximum Gasteiger partial charge on any atom is 0.337 e. The van der Waals surface area contributed by atoms with Gasteiger partial charge in [-0.05, 0) is 97.1 Å². The van der Waals surface area contributed by atoms with Crippen LogP contribution in [0.25, 0.3) is 6.08 Å². The number of aliphatic imine (C=N–C) groups is 1. The number of thioether (sulfide) groups is 1. The largest absolute Gasteiger partial charge is 0.493 e. The van der Waals surface area contributed by atoms with E-state index in [1.807, 2.05) is 39.0 Å². The van der Waals surface area contributed by atoms with Crippen LogP contribution in [0.3, 0.4) is 0 Å². The van der Waals surface area contributed by atoms with Crippen LogP contribution in [0.4, 0.5) is 5.69 Å². The van der Waals surface area contributed by atoms with Crippen molar-refractivity contribution in [1.82, 2.24) is 4.90 Å². The number of hydrogen-bond acceptors (Lipinski definition) is 7. The van der Waals surface area contributed by atoms with Crippen molar-refractivity contribution in [1.29, 1.82) is 0 Å². The van der Waals surface area contributed by atoms with Crippen LogP contribution in [0.1, 0.15) is 36.7 Å². The van der Waals surface area contributed by atoms with Crippen molar-refractivity contribution in [2.75, 3.05) is 20.8 Å². The van der Waals surface area contributed by atoms with Gasteiger partial charge in [-0.1, -0.05) is 6.07 Å². The van der Waals surface area contributed by atoms with E-state index in [1.165, 1.54) is 18.9 Å². The SMILES string of the molecule is CCN1C(=O)C(=Cc2cc(I)c(OC(C)C)c(OC)c2)SC1=Nc1cccc(C(=O)OC)c1. The summed E-state index contributed by atoms with van der Waals surface area (Å²) in [5.74, 6) is 0.734. The second-order valence-electron chi connectivity index (χ2n) is 7.30. The molecule has 1 aliphatic rings. The molecule has 0 aliphatic carbocycles. The van der Waals surface area contributed by atoms with Crippen LogP contribution >= 0.6 is 34.4 Å². The van der Waals surface area contributed by atoms with E-state index in [0.29, 0.717) is 39.4 Å². The molecule has 7 nitrogen and oxygen atoms in total. The van der Waals surface area contributed by atoms with Crippen molar-refractivity contribution in [2.45, 2.75) is 26.9 Å². The number of likely N-dealkylation sites (N-methyl/N-ethyl adjacent to an activating group) is 1.